The van der Waals surface area contributed by atoms with Crippen LogP contribution >= 0.6 is 0 Å². The lowest BCUT2D eigenvalue weighted by Crippen LogP contribution is -2.52. The van der Waals surface area contributed by atoms with Crippen LogP contribution in [0.2, 0.25) is 0 Å². The average molecular weight is 561 g/mol. The summed E-state index contributed by atoms with van der Waals surface area (Å²) in [5.41, 5.74) is 1.01. The van der Waals surface area contributed by atoms with E-state index in [4.69, 9.17) is 0 Å². The summed E-state index contributed by atoms with van der Waals surface area (Å²) >= 11 is 0. The second kappa shape index (κ2) is 12.2. The minimum Gasteiger partial charge on any atom is -0.352 e. The monoisotopic (exact) mass is 560 g/mol. The molecule has 2 aliphatic heterocycles. The lowest BCUT2D eigenvalue weighted by molar-refractivity contribution is -0.128. The van der Waals surface area contributed by atoms with Gasteiger partial charge in [0.2, 0.25) is 5.91 Å². The molecule has 2 aliphatic rings. The Morgan fingerprint density at radius 2 is 1.68 bits per heavy atom. The summed E-state index contributed by atoms with van der Waals surface area (Å²) in [6, 6.07) is 4.82. The highest BCUT2D eigenvalue weighted by atomic mass is 19.2. The van der Waals surface area contributed by atoms with Crippen molar-refractivity contribution in [2.24, 2.45) is 0 Å². The second-order valence-corrected chi connectivity index (χ2v) is 10.2. The topological polar surface area (TPSA) is 73.0 Å². The van der Waals surface area contributed by atoms with Gasteiger partial charge in [-0.3, -0.25) is 14.5 Å². The molecule has 40 heavy (non-hydrogen) atoms. The molecule has 2 heterocycles. The van der Waals surface area contributed by atoms with E-state index in [0.29, 0.717) is 30.8 Å². The van der Waals surface area contributed by atoms with Crippen molar-refractivity contribution in [3.8, 4) is 0 Å². The van der Waals surface area contributed by atoms with Gasteiger partial charge in [0, 0.05) is 32.3 Å². The Bertz CT molecular complexity index is 1340. The van der Waals surface area contributed by atoms with Crippen LogP contribution in [0.25, 0.3) is 0 Å². The highest BCUT2D eigenvalue weighted by Gasteiger charge is 2.42. The van der Waals surface area contributed by atoms with Crippen LogP contribution in [0.5, 0.6) is 0 Å². The summed E-state index contributed by atoms with van der Waals surface area (Å²) in [6.07, 6.45) is 2.07. The maximum Gasteiger partial charge on any atom is 0.331 e. The van der Waals surface area contributed by atoms with Gasteiger partial charge >= 0.3 is 6.03 Å². The summed E-state index contributed by atoms with van der Waals surface area (Å²) in [7, 11) is 1.43. The van der Waals surface area contributed by atoms with Crippen molar-refractivity contribution < 1.29 is 31.9 Å². The fourth-order valence-corrected chi connectivity index (χ4v) is 5.43. The SMILES string of the molecule is CC(=O)N1C(=O)N(C)C(C)=C(C(=O)NCCCN2CCC(c3ccc(F)cc3F)CC2)C1c1ccc(F)c(F)c1. The van der Waals surface area contributed by atoms with E-state index in [-0.39, 0.29) is 17.1 Å². The number of piperidine rings is 1. The maximum absolute atomic E-state index is 14.1. The van der Waals surface area contributed by atoms with E-state index in [2.05, 4.69) is 10.2 Å². The van der Waals surface area contributed by atoms with Gasteiger partial charge in [-0.05, 0) is 81.1 Å². The summed E-state index contributed by atoms with van der Waals surface area (Å²) in [6.45, 7) is 5.18. The molecule has 11 heteroatoms. The normalized spacial score (nSPS) is 18.9. The predicted molar refractivity (Wildman–Crippen MR) is 140 cm³/mol. The van der Waals surface area contributed by atoms with Gasteiger partial charge in [0.1, 0.15) is 11.6 Å². The minimum atomic E-state index is -1.22. The predicted octanol–water partition coefficient (Wildman–Crippen LogP) is 4.86. The molecule has 0 aromatic heterocycles. The number of urea groups is 1. The molecule has 0 radical (unpaired) electrons. The van der Waals surface area contributed by atoms with Crippen LogP contribution in [0.15, 0.2) is 47.7 Å². The average Bonchev–Trinajstić information content (AvgIpc) is 2.91. The van der Waals surface area contributed by atoms with Crippen molar-refractivity contribution in [3.63, 3.8) is 0 Å². The summed E-state index contributed by atoms with van der Waals surface area (Å²) in [4.78, 5) is 43.0. The third-order valence-electron chi connectivity index (χ3n) is 7.69. The van der Waals surface area contributed by atoms with Gasteiger partial charge in [-0.25, -0.2) is 22.4 Å². The van der Waals surface area contributed by atoms with E-state index in [1.54, 1.807) is 6.92 Å². The first-order valence-electron chi connectivity index (χ1n) is 13.2. The molecule has 1 N–H and O–H groups in total. The molecule has 1 unspecified atom stereocenters. The van der Waals surface area contributed by atoms with Crippen LogP contribution in [-0.4, -0.2) is 65.8 Å². The van der Waals surface area contributed by atoms with E-state index < -0.39 is 47.2 Å². The summed E-state index contributed by atoms with van der Waals surface area (Å²) in [5.74, 6) is -4.51. The van der Waals surface area contributed by atoms with Crippen LogP contribution in [0, 0.1) is 23.3 Å². The molecular weight excluding hydrogens is 528 g/mol. The van der Waals surface area contributed by atoms with Gasteiger partial charge < -0.3 is 15.1 Å². The summed E-state index contributed by atoms with van der Waals surface area (Å²) < 4.78 is 55.1. The van der Waals surface area contributed by atoms with Gasteiger partial charge in [0.15, 0.2) is 11.6 Å². The van der Waals surface area contributed by atoms with Crippen molar-refractivity contribution in [1.82, 2.24) is 20.0 Å². The Morgan fingerprint density at radius 3 is 2.30 bits per heavy atom. The van der Waals surface area contributed by atoms with Crippen molar-refractivity contribution in [1.29, 1.82) is 0 Å². The number of nitrogens with one attached hydrogen (secondary N) is 1. The number of amides is 4. The molecule has 0 bridgehead atoms. The zero-order valence-corrected chi connectivity index (χ0v) is 22.6. The number of hydrogen-bond acceptors (Lipinski definition) is 4. The van der Waals surface area contributed by atoms with E-state index in [9.17, 15) is 31.9 Å². The van der Waals surface area contributed by atoms with Gasteiger partial charge in [0.25, 0.3) is 5.91 Å². The summed E-state index contributed by atoms with van der Waals surface area (Å²) in [5, 5.41) is 2.84. The third kappa shape index (κ3) is 6.04. The molecule has 7 nitrogen and oxygen atoms in total. The molecule has 2 aromatic carbocycles. The smallest absolute Gasteiger partial charge is 0.331 e. The molecule has 1 fully saturated rings. The van der Waals surface area contributed by atoms with Crippen LogP contribution in [0.3, 0.4) is 0 Å². The molecule has 4 rings (SSSR count). The third-order valence-corrected chi connectivity index (χ3v) is 7.69. The zero-order valence-electron chi connectivity index (χ0n) is 22.6. The van der Waals surface area contributed by atoms with E-state index >= 15 is 0 Å². The Kier molecular flexibility index (Phi) is 8.92. The first-order chi connectivity index (χ1) is 19.0. The molecule has 0 spiro atoms. The highest BCUT2D eigenvalue weighted by Crippen LogP contribution is 2.37. The molecule has 0 aliphatic carbocycles. The van der Waals surface area contributed by atoms with Crippen molar-refractivity contribution >= 4 is 17.8 Å². The van der Waals surface area contributed by atoms with Crippen LogP contribution < -0.4 is 5.32 Å². The number of allylic oxidation sites excluding steroid dienone is 1. The van der Waals surface area contributed by atoms with E-state index in [0.717, 1.165) is 49.0 Å². The van der Waals surface area contributed by atoms with Crippen LogP contribution in [0.1, 0.15) is 56.2 Å². The Morgan fingerprint density at radius 1 is 0.975 bits per heavy atom. The number of carbonyl (C=O) groups is 3. The van der Waals surface area contributed by atoms with Crippen molar-refractivity contribution in [3.05, 3.63) is 82.1 Å². The molecule has 4 amide bonds. The fraction of sp³-hybridized carbons (Fsp3) is 0.414. The number of rotatable bonds is 7. The molecule has 1 atom stereocenters. The Hall–Kier alpha value is -3.73. The number of nitrogens with zero attached hydrogens (tertiary/aromatic N) is 3. The first kappa shape index (κ1) is 29.3. The lowest BCUT2D eigenvalue weighted by atomic mass is 9.89. The fourth-order valence-electron chi connectivity index (χ4n) is 5.43. The van der Waals surface area contributed by atoms with Crippen LogP contribution in [-0.2, 0) is 9.59 Å². The molecule has 1 saturated heterocycles. The van der Waals surface area contributed by atoms with Crippen molar-refractivity contribution in [2.45, 2.75) is 45.1 Å². The standard InChI is InChI=1S/C29H32F4N4O3/c1-17-26(27(20-5-8-23(31)25(33)15-20)37(18(2)38)29(40)35(17)3)28(39)34-11-4-12-36-13-9-19(10-14-36)22-7-6-21(30)16-24(22)32/h5-8,15-16,19,27H,4,9-14H2,1-3H3,(H,34,39). The quantitative estimate of drug-likeness (QED) is 0.388. The van der Waals surface area contributed by atoms with Gasteiger partial charge in [-0.15, -0.1) is 0 Å². The molecule has 0 saturated carbocycles. The van der Waals surface area contributed by atoms with Gasteiger partial charge in [-0.1, -0.05) is 12.1 Å². The molecule has 2 aromatic rings. The number of carbonyl (C=O) groups excluding carboxylic acids is 3. The van der Waals surface area contributed by atoms with Crippen LogP contribution in [0.4, 0.5) is 22.4 Å². The van der Waals surface area contributed by atoms with Gasteiger partial charge in [0.05, 0.1) is 11.6 Å². The number of hydrogen-bond donors (Lipinski definition) is 1. The van der Waals surface area contributed by atoms with E-state index in [1.165, 1.54) is 37.1 Å². The first-order valence-corrected chi connectivity index (χ1v) is 13.2. The number of imide groups is 1. The highest BCUT2D eigenvalue weighted by molar-refractivity contribution is 6.03. The molecule has 214 valence electrons. The number of benzene rings is 2. The maximum atomic E-state index is 14.1. The van der Waals surface area contributed by atoms with Gasteiger partial charge in [-0.2, -0.15) is 0 Å². The Balaban J connectivity index is 1.39. The van der Waals surface area contributed by atoms with E-state index in [1.807, 2.05) is 0 Å². The molecular formula is C29H32F4N4O3. The Labute approximate surface area is 230 Å². The largest absolute Gasteiger partial charge is 0.352 e. The number of likely N-dealkylation sites (tertiary alicyclic amines) is 1. The second-order valence-electron chi connectivity index (χ2n) is 10.2. The van der Waals surface area contributed by atoms with Crippen molar-refractivity contribution in [2.75, 3.05) is 33.2 Å². The lowest BCUT2D eigenvalue weighted by Gasteiger charge is -2.40. The zero-order chi connectivity index (χ0) is 29.1. The number of halogens is 4. The minimum absolute atomic E-state index is 0.0231.